The van der Waals surface area contributed by atoms with E-state index in [0.717, 1.165) is 24.8 Å². The lowest BCUT2D eigenvalue weighted by Crippen LogP contribution is -2.21. The SMILES string of the molecule is CC(C)NCc1ccc(OCC2CCCCC2)cc1. The van der Waals surface area contributed by atoms with Gasteiger partial charge in [-0.15, -0.1) is 0 Å². The van der Waals surface area contributed by atoms with E-state index in [1.54, 1.807) is 0 Å². The number of nitrogens with one attached hydrogen (secondary N) is 1. The van der Waals surface area contributed by atoms with E-state index in [2.05, 4.69) is 43.4 Å². The van der Waals surface area contributed by atoms with Gasteiger partial charge in [0.2, 0.25) is 0 Å². The largest absolute Gasteiger partial charge is 0.493 e. The molecule has 1 aliphatic rings. The molecule has 2 heteroatoms. The molecule has 0 saturated heterocycles. The summed E-state index contributed by atoms with van der Waals surface area (Å²) in [7, 11) is 0. The molecule has 0 unspecified atom stereocenters. The second-order valence-electron chi connectivity index (χ2n) is 5.99. The number of rotatable bonds is 6. The van der Waals surface area contributed by atoms with E-state index in [-0.39, 0.29) is 0 Å². The van der Waals surface area contributed by atoms with Crippen molar-refractivity contribution in [3.8, 4) is 5.75 Å². The molecule has 106 valence electrons. The van der Waals surface area contributed by atoms with Crippen LogP contribution in [0.4, 0.5) is 0 Å². The first-order valence-electron chi connectivity index (χ1n) is 7.69. The van der Waals surface area contributed by atoms with Gasteiger partial charge in [0.25, 0.3) is 0 Å². The fourth-order valence-corrected chi connectivity index (χ4v) is 2.59. The number of hydrogen-bond donors (Lipinski definition) is 1. The monoisotopic (exact) mass is 261 g/mol. The third-order valence-electron chi connectivity index (χ3n) is 3.85. The van der Waals surface area contributed by atoms with E-state index in [9.17, 15) is 0 Å². The Kier molecular flexibility index (Phi) is 5.71. The van der Waals surface area contributed by atoms with Crippen LogP contribution in [0.2, 0.25) is 0 Å². The molecule has 0 atom stereocenters. The van der Waals surface area contributed by atoms with Gasteiger partial charge in [-0.2, -0.15) is 0 Å². The number of benzene rings is 1. The lowest BCUT2D eigenvalue weighted by molar-refractivity contribution is 0.209. The van der Waals surface area contributed by atoms with E-state index in [4.69, 9.17) is 4.74 Å². The van der Waals surface area contributed by atoms with Crippen LogP contribution in [-0.2, 0) is 6.54 Å². The van der Waals surface area contributed by atoms with Crippen molar-refractivity contribution in [2.75, 3.05) is 6.61 Å². The summed E-state index contributed by atoms with van der Waals surface area (Å²) in [5.41, 5.74) is 1.32. The molecule has 1 saturated carbocycles. The predicted molar refractivity (Wildman–Crippen MR) is 80.5 cm³/mol. The molecule has 0 spiro atoms. The van der Waals surface area contributed by atoms with Crippen LogP contribution in [0.1, 0.15) is 51.5 Å². The van der Waals surface area contributed by atoms with Crippen LogP contribution in [0.5, 0.6) is 5.75 Å². The summed E-state index contributed by atoms with van der Waals surface area (Å²) in [5.74, 6) is 1.79. The molecule has 2 nitrogen and oxygen atoms in total. The lowest BCUT2D eigenvalue weighted by Gasteiger charge is -2.21. The summed E-state index contributed by atoms with van der Waals surface area (Å²) in [6.45, 7) is 6.16. The molecular formula is C17H27NO. The zero-order valence-electron chi connectivity index (χ0n) is 12.3. The maximum atomic E-state index is 5.91. The van der Waals surface area contributed by atoms with Gasteiger partial charge in [0.05, 0.1) is 6.61 Å². The molecule has 0 radical (unpaired) electrons. The van der Waals surface area contributed by atoms with Crippen LogP contribution in [0.3, 0.4) is 0 Å². The van der Waals surface area contributed by atoms with Gasteiger partial charge in [-0.3, -0.25) is 0 Å². The van der Waals surface area contributed by atoms with Crippen LogP contribution in [0, 0.1) is 5.92 Å². The Labute approximate surface area is 117 Å². The molecule has 19 heavy (non-hydrogen) atoms. The van der Waals surface area contributed by atoms with Gasteiger partial charge in [0, 0.05) is 12.6 Å². The first-order chi connectivity index (χ1) is 9.24. The van der Waals surface area contributed by atoms with Crippen molar-refractivity contribution in [2.24, 2.45) is 5.92 Å². The molecule has 1 aliphatic carbocycles. The van der Waals surface area contributed by atoms with Crippen molar-refractivity contribution in [3.63, 3.8) is 0 Å². The number of hydrogen-bond acceptors (Lipinski definition) is 2. The normalized spacial score (nSPS) is 16.8. The van der Waals surface area contributed by atoms with Crippen LogP contribution < -0.4 is 10.1 Å². The minimum Gasteiger partial charge on any atom is -0.493 e. The van der Waals surface area contributed by atoms with Crippen molar-refractivity contribution in [3.05, 3.63) is 29.8 Å². The maximum Gasteiger partial charge on any atom is 0.119 e. The molecule has 1 fully saturated rings. The highest BCUT2D eigenvalue weighted by Gasteiger charge is 2.13. The summed E-state index contributed by atoms with van der Waals surface area (Å²) >= 11 is 0. The van der Waals surface area contributed by atoms with Gasteiger partial charge >= 0.3 is 0 Å². The van der Waals surface area contributed by atoms with Gasteiger partial charge in [-0.05, 0) is 36.5 Å². The lowest BCUT2D eigenvalue weighted by atomic mass is 9.90. The highest BCUT2D eigenvalue weighted by molar-refractivity contribution is 5.27. The van der Waals surface area contributed by atoms with E-state index in [1.165, 1.54) is 37.7 Å². The molecule has 1 aromatic carbocycles. The molecule has 0 amide bonds. The van der Waals surface area contributed by atoms with Gasteiger partial charge < -0.3 is 10.1 Å². The van der Waals surface area contributed by atoms with Gasteiger partial charge in [-0.1, -0.05) is 45.2 Å². The van der Waals surface area contributed by atoms with Crippen molar-refractivity contribution in [2.45, 2.75) is 58.5 Å². The summed E-state index contributed by atoms with van der Waals surface area (Å²) in [4.78, 5) is 0. The Hall–Kier alpha value is -1.02. The first kappa shape index (κ1) is 14.4. The van der Waals surface area contributed by atoms with Crippen molar-refractivity contribution >= 4 is 0 Å². The predicted octanol–water partition coefficient (Wildman–Crippen LogP) is 4.14. The average molecular weight is 261 g/mol. The topological polar surface area (TPSA) is 21.3 Å². The maximum absolute atomic E-state index is 5.91. The van der Waals surface area contributed by atoms with Gasteiger partial charge in [0.15, 0.2) is 0 Å². The van der Waals surface area contributed by atoms with Crippen molar-refractivity contribution in [1.82, 2.24) is 5.32 Å². The second-order valence-corrected chi connectivity index (χ2v) is 5.99. The third kappa shape index (κ3) is 5.23. The van der Waals surface area contributed by atoms with Gasteiger partial charge in [0.1, 0.15) is 5.75 Å². The molecular weight excluding hydrogens is 234 g/mol. The Morgan fingerprint density at radius 3 is 2.42 bits per heavy atom. The summed E-state index contributed by atoms with van der Waals surface area (Å²) < 4.78 is 5.91. The highest BCUT2D eigenvalue weighted by Crippen LogP contribution is 2.24. The molecule has 1 N–H and O–H groups in total. The number of ether oxygens (including phenoxy) is 1. The van der Waals surface area contributed by atoms with E-state index in [0.29, 0.717) is 6.04 Å². The molecule has 2 rings (SSSR count). The Balaban J connectivity index is 1.74. The van der Waals surface area contributed by atoms with Crippen molar-refractivity contribution in [1.29, 1.82) is 0 Å². The molecule has 0 aliphatic heterocycles. The van der Waals surface area contributed by atoms with Gasteiger partial charge in [-0.25, -0.2) is 0 Å². The molecule has 0 heterocycles. The smallest absolute Gasteiger partial charge is 0.119 e. The van der Waals surface area contributed by atoms with Crippen LogP contribution in [-0.4, -0.2) is 12.6 Å². The zero-order valence-corrected chi connectivity index (χ0v) is 12.3. The van der Waals surface area contributed by atoms with Crippen LogP contribution in [0.25, 0.3) is 0 Å². The van der Waals surface area contributed by atoms with Crippen LogP contribution >= 0.6 is 0 Å². The first-order valence-corrected chi connectivity index (χ1v) is 7.69. The second kappa shape index (κ2) is 7.54. The average Bonchev–Trinajstić information content (AvgIpc) is 2.45. The minimum absolute atomic E-state index is 0.530. The third-order valence-corrected chi connectivity index (χ3v) is 3.85. The Bertz CT molecular complexity index is 352. The minimum atomic E-state index is 0.530. The fourth-order valence-electron chi connectivity index (χ4n) is 2.59. The van der Waals surface area contributed by atoms with E-state index >= 15 is 0 Å². The highest BCUT2D eigenvalue weighted by atomic mass is 16.5. The van der Waals surface area contributed by atoms with E-state index < -0.39 is 0 Å². The zero-order chi connectivity index (χ0) is 13.5. The Morgan fingerprint density at radius 2 is 1.79 bits per heavy atom. The summed E-state index contributed by atoms with van der Waals surface area (Å²) in [6.07, 6.45) is 6.86. The van der Waals surface area contributed by atoms with Crippen LogP contribution in [0.15, 0.2) is 24.3 Å². The molecule has 0 bridgehead atoms. The fraction of sp³-hybridized carbons (Fsp3) is 0.647. The quantitative estimate of drug-likeness (QED) is 0.831. The van der Waals surface area contributed by atoms with Crippen molar-refractivity contribution < 1.29 is 4.74 Å². The summed E-state index contributed by atoms with van der Waals surface area (Å²) in [5, 5.41) is 3.42. The van der Waals surface area contributed by atoms with E-state index in [1.807, 2.05) is 0 Å². The standard InChI is InChI=1S/C17H27NO/c1-14(2)18-12-15-8-10-17(11-9-15)19-13-16-6-4-3-5-7-16/h8-11,14,16,18H,3-7,12-13H2,1-2H3. The molecule has 0 aromatic heterocycles. The molecule has 1 aromatic rings. The Morgan fingerprint density at radius 1 is 1.11 bits per heavy atom. The summed E-state index contributed by atoms with van der Waals surface area (Å²) in [6, 6.07) is 9.04.